The molecule has 21 heavy (non-hydrogen) atoms. The summed E-state index contributed by atoms with van der Waals surface area (Å²) in [5.41, 5.74) is 5.48. The summed E-state index contributed by atoms with van der Waals surface area (Å²) in [5, 5.41) is 22.8. The van der Waals surface area contributed by atoms with Gasteiger partial charge in [-0.1, -0.05) is 12.1 Å². The van der Waals surface area contributed by atoms with Crippen LogP contribution >= 0.6 is 0 Å². The number of hydrogen-bond acceptors (Lipinski definition) is 7. The third kappa shape index (κ3) is 3.02. The zero-order valence-corrected chi connectivity index (χ0v) is 11.6. The van der Waals surface area contributed by atoms with Gasteiger partial charge in [0.2, 0.25) is 5.82 Å². The molecule has 9 nitrogen and oxygen atoms in total. The summed E-state index contributed by atoms with van der Waals surface area (Å²) in [5.74, 6) is 0.0656. The number of nitrogens with two attached hydrogens (primary N) is 1. The van der Waals surface area contributed by atoms with Gasteiger partial charge in [-0.2, -0.15) is 0 Å². The minimum Gasteiger partial charge on any atom is -0.409 e. The number of oxime groups is 1. The van der Waals surface area contributed by atoms with Crippen molar-refractivity contribution in [3.8, 4) is 0 Å². The Morgan fingerprint density at radius 2 is 2.52 bits per heavy atom. The van der Waals surface area contributed by atoms with E-state index in [9.17, 15) is 10.1 Å². The third-order valence-corrected chi connectivity index (χ3v) is 3.42. The number of hydrogen-bond donors (Lipinski definition) is 2. The first-order valence-electron chi connectivity index (χ1n) is 6.55. The molecule has 1 aliphatic rings. The van der Waals surface area contributed by atoms with Crippen LogP contribution in [0.3, 0.4) is 0 Å². The van der Waals surface area contributed by atoms with Crippen LogP contribution in [0.2, 0.25) is 0 Å². The van der Waals surface area contributed by atoms with Crippen LogP contribution in [0.15, 0.2) is 17.4 Å². The van der Waals surface area contributed by atoms with E-state index >= 15 is 0 Å². The van der Waals surface area contributed by atoms with Crippen LogP contribution < -0.4 is 10.6 Å². The molecule has 0 amide bonds. The summed E-state index contributed by atoms with van der Waals surface area (Å²) in [4.78, 5) is 16.8. The average Bonchev–Trinajstić information content (AvgIpc) is 2.53. The van der Waals surface area contributed by atoms with Crippen molar-refractivity contribution in [2.75, 3.05) is 24.7 Å². The predicted octanol–water partition coefficient (Wildman–Crippen LogP) is 0.700. The Balaban J connectivity index is 2.45. The number of ether oxygens (including phenoxy) is 1. The minimum atomic E-state index is -0.515. The summed E-state index contributed by atoms with van der Waals surface area (Å²) in [7, 11) is 0. The van der Waals surface area contributed by atoms with Crippen molar-refractivity contribution in [3.63, 3.8) is 0 Å². The van der Waals surface area contributed by atoms with Gasteiger partial charge in [0.15, 0.2) is 5.84 Å². The highest BCUT2D eigenvalue weighted by Gasteiger charge is 2.29. The van der Waals surface area contributed by atoms with Gasteiger partial charge < -0.3 is 20.6 Å². The second-order valence-corrected chi connectivity index (χ2v) is 4.64. The highest BCUT2D eigenvalue weighted by molar-refractivity contribution is 5.97. The first-order chi connectivity index (χ1) is 10.1. The van der Waals surface area contributed by atoms with E-state index in [1.165, 1.54) is 12.3 Å². The Bertz CT molecular complexity index is 563. The topological polar surface area (TPSA) is 127 Å². The lowest BCUT2D eigenvalue weighted by Gasteiger charge is -2.35. The lowest BCUT2D eigenvalue weighted by molar-refractivity contribution is -0.384. The molecule has 1 unspecified atom stereocenters. The quantitative estimate of drug-likeness (QED) is 0.275. The molecule has 1 saturated heterocycles. The van der Waals surface area contributed by atoms with Crippen molar-refractivity contribution in [2.24, 2.45) is 10.9 Å². The Kier molecular flexibility index (Phi) is 4.53. The second kappa shape index (κ2) is 6.35. The number of nitrogens with zero attached hydrogens (tertiary/aromatic N) is 4. The number of rotatable bonds is 4. The first kappa shape index (κ1) is 15.0. The number of morpholine rings is 1. The van der Waals surface area contributed by atoms with E-state index in [1.54, 1.807) is 0 Å². The van der Waals surface area contributed by atoms with E-state index in [-0.39, 0.29) is 28.9 Å². The predicted molar refractivity (Wildman–Crippen MR) is 75.6 cm³/mol. The number of aromatic nitrogens is 1. The number of anilines is 1. The molecule has 114 valence electrons. The number of nitro groups is 1. The van der Waals surface area contributed by atoms with Crippen molar-refractivity contribution in [3.05, 3.63) is 27.9 Å². The van der Waals surface area contributed by atoms with E-state index in [0.29, 0.717) is 19.8 Å². The molecule has 0 saturated carbocycles. The molecule has 0 bridgehead atoms. The zero-order chi connectivity index (χ0) is 15.4. The lowest BCUT2D eigenvalue weighted by atomic mass is 10.1. The lowest BCUT2D eigenvalue weighted by Crippen LogP contribution is -2.45. The van der Waals surface area contributed by atoms with Crippen LogP contribution in [0.25, 0.3) is 0 Å². The minimum absolute atomic E-state index is 0.0413. The maximum Gasteiger partial charge on any atom is 0.312 e. The number of amidine groups is 1. The van der Waals surface area contributed by atoms with Crippen LogP contribution in [-0.4, -0.2) is 46.8 Å². The molecule has 1 atom stereocenters. The Morgan fingerprint density at radius 3 is 3.14 bits per heavy atom. The molecule has 1 aromatic heterocycles. The Morgan fingerprint density at radius 1 is 1.76 bits per heavy atom. The van der Waals surface area contributed by atoms with Crippen LogP contribution in [-0.2, 0) is 4.74 Å². The molecule has 3 N–H and O–H groups in total. The molecular weight excluding hydrogens is 278 g/mol. The first-order valence-corrected chi connectivity index (χ1v) is 6.55. The number of pyridine rings is 1. The molecule has 2 rings (SSSR count). The van der Waals surface area contributed by atoms with Gasteiger partial charge in [-0.05, 0) is 6.42 Å². The van der Waals surface area contributed by atoms with Gasteiger partial charge in [0, 0.05) is 24.4 Å². The van der Waals surface area contributed by atoms with Crippen molar-refractivity contribution in [2.45, 2.75) is 19.4 Å². The van der Waals surface area contributed by atoms with Gasteiger partial charge in [0.05, 0.1) is 24.2 Å². The van der Waals surface area contributed by atoms with Gasteiger partial charge in [-0.25, -0.2) is 4.98 Å². The molecule has 0 spiro atoms. The van der Waals surface area contributed by atoms with Gasteiger partial charge >= 0.3 is 5.69 Å². The molecule has 1 aromatic rings. The van der Waals surface area contributed by atoms with Crippen LogP contribution in [0.4, 0.5) is 11.5 Å². The maximum absolute atomic E-state index is 11.3. The fourth-order valence-electron chi connectivity index (χ4n) is 2.27. The molecule has 2 heterocycles. The summed E-state index contributed by atoms with van der Waals surface area (Å²) < 4.78 is 5.39. The molecule has 0 aromatic carbocycles. The molecule has 0 aliphatic carbocycles. The van der Waals surface area contributed by atoms with E-state index in [2.05, 4.69) is 10.1 Å². The maximum atomic E-state index is 11.3. The Labute approximate surface area is 121 Å². The average molecular weight is 295 g/mol. The van der Waals surface area contributed by atoms with Gasteiger partial charge in [0.25, 0.3) is 0 Å². The van der Waals surface area contributed by atoms with Crippen molar-refractivity contribution < 1.29 is 14.9 Å². The fourth-order valence-corrected chi connectivity index (χ4v) is 2.27. The van der Waals surface area contributed by atoms with Crippen LogP contribution in [0.5, 0.6) is 0 Å². The molecule has 1 fully saturated rings. The van der Waals surface area contributed by atoms with Crippen LogP contribution in [0.1, 0.15) is 18.9 Å². The second-order valence-electron chi connectivity index (χ2n) is 4.64. The van der Waals surface area contributed by atoms with Crippen LogP contribution in [0, 0.1) is 10.1 Å². The largest absolute Gasteiger partial charge is 0.409 e. The SMILES string of the molecule is CCC1COCCN1c1ncc(C(N)=NO)cc1[N+](=O)[O-]. The summed E-state index contributed by atoms with van der Waals surface area (Å²) in [6.45, 7) is 3.53. The van der Waals surface area contributed by atoms with E-state index in [1.807, 2.05) is 11.8 Å². The summed E-state index contributed by atoms with van der Waals surface area (Å²) in [6, 6.07) is 1.30. The monoisotopic (exact) mass is 295 g/mol. The smallest absolute Gasteiger partial charge is 0.312 e. The van der Waals surface area contributed by atoms with E-state index < -0.39 is 4.92 Å². The standard InChI is InChI=1S/C12H17N5O4/c1-2-9-7-21-4-3-16(9)12-10(17(19)20)5-8(6-14-12)11(13)15-18/h5-6,9,18H,2-4,7H2,1H3,(H2,13,15). The third-order valence-electron chi connectivity index (χ3n) is 3.42. The molecule has 0 radical (unpaired) electrons. The Hall–Kier alpha value is -2.42. The fraction of sp³-hybridized carbons (Fsp3) is 0.500. The normalized spacial score (nSPS) is 19.6. The molecule has 9 heteroatoms. The summed E-state index contributed by atoms with van der Waals surface area (Å²) >= 11 is 0. The highest BCUT2D eigenvalue weighted by Crippen LogP contribution is 2.29. The molecular formula is C12H17N5O4. The van der Waals surface area contributed by atoms with Gasteiger partial charge in [-0.15, -0.1) is 0 Å². The van der Waals surface area contributed by atoms with E-state index in [4.69, 9.17) is 15.7 Å². The van der Waals surface area contributed by atoms with Crippen molar-refractivity contribution in [1.82, 2.24) is 4.98 Å². The van der Waals surface area contributed by atoms with Crippen molar-refractivity contribution >= 4 is 17.3 Å². The summed E-state index contributed by atoms with van der Waals surface area (Å²) in [6.07, 6.45) is 2.15. The van der Waals surface area contributed by atoms with Crippen molar-refractivity contribution in [1.29, 1.82) is 0 Å². The van der Waals surface area contributed by atoms with E-state index in [0.717, 1.165) is 6.42 Å². The molecule has 1 aliphatic heterocycles. The van der Waals surface area contributed by atoms with Gasteiger partial charge in [-0.3, -0.25) is 10.1 Å². The zero-order valence-electron chi connectivity index (χ0n) is 11.6. The highest BCUT2D eigenvalue weighted by atomic mass is 16.6. The van der Waals surface area contributed by atoms with Gasteiger partial charge in [0.1, 0.15) is 0 Å².